The molecule has 1 amide bonds. The molecule has 4 rings (SSSR count). The van der Waals surface area contributed by atoms with Crippen LogP contribution in [-0.4, -0.2) is 38.5 Å². The number of amides is 1. The lowest BCUT2D eigenvalue weighted by Gasteiger charge is -2.10. The molecule has 0 fully saturated rings. The lowest BCUT2D eigenvalue weighted by atomic mass is 10.1. The second kappa shape index (κ2) is 7.89. The van der Waals surface area contributed by atoms with Crippen LogP contribution in [0, 0.1) is 0 Å². The molecule has 0 bridgehead atoms. The third-order valence-electron chi connectivity index (χ3n) is 4.25. The van der Waals surface area contributed by atoms with Gasteiger partial charge in [0, 0.05) is 41.9 Å². The van der Waals surface area contributed by atoms with Crippen molar-refractivity contribution >= 4 is 23.1 Å². The van der Waals surface area contributed by atoms with E-state index in [2.05, 4.69) is 15.6 Å². The number of rotatable bonds is 6. The molecule has 0 spiro atoms. The minimum atomic E-state index is -0.218. The van der Waals surface area contributed by atoms with Gasteiger partial charge < -0.3 is 20.1 Å². The normalized spacial score (nSPS) is 10.8. The molecular formula is C21H19N5O2. The number of anilines is 2. The summed E-state index contributed by atoms with van der Waals surface area (Å²) in [6, 6.07) is 17.0. The van der Waals surface area contributed by atoms with E-state index < -0.39 is 0 Å². The number of carbonyl (C=O) groups excluding carboxylic acids is 1. The van der Waals surface area contributed by atoms with Gasteiger partial charge >= 0.3 is 0 Å². The summed E-state index contributed by atoms with van der Waals surface area (Å²) < 4.78 is 1.91. The van der Waals surface area contributed by atoms with Gasteiger partial charge in [-0.05, 0) is 24.3 Å². The van der Waals surface area contributed by atoms with E-state index in [1.54, 1.807) is 18.3 Å². The Morgan fingerprint density at radius 2 is 1.86 bits per heavy atom. The highest BCUT2D eigenvalue weighted by Crippen LogP contribution is 2.24. The van der Waals surface area contributed by atoms with Crippen LogP contribution in [0.5, 0.6) is 0 Å². The Bertz CT molecular complexity index is 1090. The predicted molar refractivity (Wildman–Crippen MR) is 108 cm³/mol. The van der Waals surface area contributed by atoms with E-state index in [1.165, 1.54) is 0 Å². The molecule has 0 aliphatic carbocycles. The first kappa shape index (κ1) is 17.7. The molecule has 0 saturated carbocycles. The van der Waals surface area contributed by atoms with Gasteiger partial charge in [0.05, 0.1) is 12.3 Å². The smallest absolute Gasteiger partial charge is 0.251 e. The van der Waals surface area contributed by atoms with Crippen molar-refractivity contribution in [2.75, 3.05) is 18.5 Å². The summed E-state index contributed by atoms with van der Waals surface area (Å²) in [5.74, 6) is 0.434. The number of aromatic nitrogens is 3. The molecule has 2 heterocycles. The molecule has 0 atom stereocenters. The predicted octanol–water partition coefficient (Wildman–Crippen LogP) is 2.86. The number of hydrogen-bond acceptors (Lipinski definition) is 5. The van der Waals surface area contributed by atoms with Gasteiger partial charge in [-0.2, -0.15) is 0 Å². The van der Waals surface area contributed by atoms with Gasteiger partial charge in [0.1, 0.15) is 0 Å². The SMILES string of the molecule is O=C(NCCO)c1ccc(-c2cn3ccnc3c(Nc3ccccc3)n2)cc1. The molecule has 0 unspecified atom stereocenters. The van der Waals surface area contributed by atoms with Crippen LogP contribution in [0.15, 0.2) is 73.2 Å². The molecule has 4 aromatic rings. The summed E-state index contributed by atoms with van der Waals surface area (Å²) in [7, 11) is 0. The molecule has 140 valence electrons. The largest absolute Gasteiger partial charge is 0.395 e. The van der Waals surface area contributed by atoms with E-state index >= 15 is 0 Å². The minimum absolute atomic E-state index is 0.0874. The van der Waals surface area contributed by atoms with Gasteiger partial charge in [-0.3, -0.25) is 4.79 Å². The summed E-state index contributed by atoms with van der Waals surface area (Å²) in [6.45, 7) is 0.143. The molecule has 28 heavy (non-hydrogen) atoms. The molecule has 2 aromatic carbocycles. The summed E-state index contributed by atoms with van der Waals surface area (Å²) in [4.78, 5) is 21.1. The Morgan fingerprint density at radius 3 is 2.61 bits per heavy atom. The zero-order valence-electron chi connectivity index (χ0n) is 15.0. The topological polar surface area (TPSA) is 91.5 Å². The maximum Gasteiger partial charge on any atom is 0.251 e. The van der Waals surface area contributed by atoms with Crippen molar-refractivity contribution in [3.63, 3.8) is 0 Å². The zero-order chi connectivity index (χ0) is 19.3. The molecule has 0 aliphatic rings. The number of carbonyl (C=O) groups is 1. The molecular weight excluding hydrogens is 354 g/mol. The van der Waals surface area contributed by atoms with Gasteiger partial charge in [-0.1, -0.05) is 30.3 Å². The highest BCUT2D eigenvalue weighted by Gasteiger charge is 2.11. The first-order chi connectivity index (χ1) is 13.7. The molecule has 3 N–H and O–H groups in total. The number of aliphatic hydroxyl groups is 1. The van der Waals surface area contributed by atoms with Crippen LogP contribution in [0.1, 0.15) is 10.4 Å². The maximum absolute atomic E-state index is 12.0. The third kappa shape index (κ3) is 3.70. The molecule has 7 heteroatoms. The summed E-state index contributed by atoms with van der Waals surface area (Å²) in [5, 5.41) is 14.8. The van der Waals surface area contributed by atoms with Crippen LogP contribution >= 0.6 is 0 Å². The third-order valence-corrected chi connectivity index (χ3v) is 4.25. The van der Waals surface area contributed by atoms with E-state index in [1.807, 2.05) is 59.3 Å². The second-order valence-electron chi connectivity index (χ2n) is 6.18. The first-order valence-electron chi connectivity index (χ1n) is 8.90. The highest BCUT2D eigenvalue weighted by atomic mass is 16.3. The second-order valence-corrected chi connectivity index (χ2v) is 6.18. The quantitative estimate of drug-likeness (QED) is 0.483. The fourth-order valence-electron chi connectivity index (χ4n) is 2.88. The monoisotopic (exact) mass is 373 g/mol. The molecule has 0 saturated heterocycles. The van der Waals surface area contributed by atoms with Crippen molar-refractivity contribution in [2.45, 2.75) is 0 Å². The van der Waals surface area contributed by atoms with Gasteiger partial charge in [-0.15, -0.1) is 0 Å². The fourth-order valence-corrected chi connectivity index (χ4v) is 2.88. The van der Waals surface area contributed by atoms with E-state index in [-0.39, 0.29) is 19.1 Å². The number of para-hydroxylation sites is 1. The van der Waals surface area contributed by atoms with Crippen LogP contribution in [0.2, 0.25) is 0 Å². The standard InChI is InChI=1S/C21H19N5O2/c27-13-11-23-21(28)16-8-6-15(7-9-16)18-14-26-12-10-22-20(26)19(25-18)24-17-4-2-1-3-5-17/h1-10,12,14,27H,11,13H2,(H,23,28)(H,24,25). The molecule has 2 aromatic heterocycles. The van der Waals surface area contributed by atoms with Crippen molar-refractivity contribution < 1.29 is 9.90 Å². The van der Waals surface area contributed by atoms with E-state index in [0.29, 0.717) is 11.4 Å². The van der Waals surface area contributed by atoms with Crippen molar-refractivity contribution in [1.82, 2.24) is 19.7 Å². The first-order valence-corrected chi connectivity index (χ1v) is 8.90. The fraction of sp³-hybridized carbons (Fsp3) is 0.0952. The van der Waals surface area contributed by atoms with Crippen molar-refractivity contribution in [3.05, 3.63) is 78.8 Å². The van der Waals surface area contributed by atoms with Crippen LogP contribution in [0.25, 0.3) is 16.9 Å². The highest BCUT2D eigenvalue weighted by molar-refractivity contribution is 5.94. The Labute approximate surface area is 161 Å². The Kier molecular flexibility index (Phi) is 4.99. The van der Waals surface area contributed by atoms with Crippen LogP contribution in [0.4, 0.5) is 11.5 Å². The van der Waals surface area contributed by atoms with Crippen molar-refractivity contribution in [1.29, 1.82) is 0 Å². The average molecular weight is 373 g/mol. The molecule has 0 radical (unpaired) electrons. The van der Waals surface area contributed by atoms with Crippen LogP contribution in [0.3, 0.4) is 0 Å². The van der Waals surface area contributed by atoms with Gasteiger partial charge in [0.2, 0.25) is 0 Å². The van der Waals surface area contributed by atoms with E-state index in [9.17, 15) is 4.79 Å². The Morgan fingerprint density at radius 1 is 1.07 bits per heavy atom. The number of aliphatic hydroxyl groups excluding tert-OH is 1. The van der Waals surface area contributed by atoms with Gasteiger partial charge in [-0.25, -0.2) is 9.97 Å². The van der Waals surface area contributed by atoms with Gasteiger partial charge in [0.15, 0.2) is 11.5 Å². The summed E-state index contributed by atoms with van der Waals surface area (Å²) in [6.07, 6.45) is 5.50. The number of benzene rings is 2. The number of nitrogens with zero attached hydrogens (tertiary/aromatic N) is 3. The summed E-state index contributed by atoms with van der Waals surface area (Å²) >= 11 is 0. The molecule has 7 nitrogen and oxygen atoms in total. The number of hydrogen-bond donors (Lipinski definition) is 3. The lowest BCUT2D eigenvalue weighted by molar-refractivity contribution is 0.0945. The summed E-state index contributed by atoms with van der Waals surface area (Å²) in [5.41, 5.74) is 3.82. The molecule has 0 aliphatic heterocycles. The van der Waals surface area contributed by atoms with Crippen LogP contribution in [-0.2, 0) is 0 Å². The zero-order valence-corrected chi connectivity index (χ0v) is 15.0. The van der Waals surface area contributed by atoms with Crippen molar-refractivity contribution in [3.8, 4) is 11.3 Å². The van der Waals surface area contributed by atoms with Crippen LogP contribution < -0.4 is 10.6 Å². The average Bonchev–Trinajstić information content (AvgIpc) is 3.22. The van der Waals surface area contributed by atoms with E-state index in [0.717, 1.165) is 22.6 Å². The van der Waals surface area contributed by atoms with Gasteiger partial charge in [0.25, 0.3) is 5.91 Å². The number of fused-ring (bicyclic) bond motifs is 1. The Balaban J connectivity index is 1.66. The maximum atomic E-state index is 12.0. The lowest BCUT2D eigenvalue weighted by Crippen LogP contribution is -2.26. The number of imidazole rings is 1. The van der Waals surface area contributed by atoms with Crippen molar-refractivity contribution in [2.24, 2.45) is 0 Å². The Hall–Kier alpha value is -3.71. The van der Waals surface area contributed by atoms with E-state index in [4.69, 9.17) is 10.1 Å². The minimum Gasteiger partial charge on any atom is -0.395 e. The number of nitrogens with one attached hydrogen (secondary N) is 2.